The zero-order chi connectivity index (χ0) is 9.26. The number of rotatable bonds is 2. The molecule has 0 spiro atoms. The van der Waals surface area contributed by atoms with Crippen LogP contribution in [0.15, 0.2) is 31.1 Å². The first-order valence-electron chi connectivity index (χ1n) is 3.74. The lowest BCUT2D eigenvalue weighted by atomic mass is 10.2. The fourth-order valence-electron chi connectivity index (χ4n) is 1.19. The predicted octanol–water partition coefficient (Wildman–Crippen LogP) is 3.06. The first-order chi connectivity index (χ1) is 6.35. The molecule has 2 rings (SSSR count). The molecule has 0 radical (unpaired) electrons. The van der Waals surface area contributed by atoms with Crippen LogP contribution in [-0.4, -0.2) is 8.96 Å². The molecule has 0 aliphatic rings. The van der Waals surface area contributed by atoms with E-state index in [4.69, 9.17) is 0 Å². The summed E-state index contributed by atoms with van der Waals surface area (Å²) >= 11 is 0.147. The molecule has 0 aliphatic carbocycles. The highest BCUT2D eigenvalue weighted by Crippen LogP contribution is 2.20. The normalized spacial score (nSPS) is 10.5. The summed E-state index contributed by atoms with van der Waals surface area (Å²) < 4.78 is 13.7. The number of imidazole rings is 1. The maximum absolute atomic E-state index is 12.3. The van der Waals surface area contributed by atoms with Crippen LogP contribution in [0.1, 0.15) is 5.56 Å². The lowest BCUT2D eigenvalue weighted by molar-refractivity contribution is 0.919. The molecule has 2 nitrogen and oxygen atoms in total. The molecule has 1 aromatic carbocycles. The van der Waals surface area contributed by atoms with E-state index in [2.05, 4.69) is 11.6 Å². The fraction of sp³-hybridized carbons (Fsp3) is 0. The molecule has 0 fully saturated rings. The Morgan fingerprint density at radius 1 is 1.54 bits per heavy atom. The van der Waals surface area contributed by atoms with Crippen LogP contribution in [0, 0.1) is 0 Å². The minimum Gasteiger partial charge on any atom is -0.245 e. The SMILES string of the molecule is C=Cc1ccc2c(c1)ncn2SF. The monoisotopic (exact) mass is 194 g/mol. The van der Waals surface area contributed by atoms with Gasteiger partial charge in [-0.25, -0.2) is 8.96 Å². The Kier molecular flexibility index (Phi) is 2.06. The van der Waals surface area contributed by atoms with Crippen molar-refractivity contribution in [2.24, 2.45) is 0 Å². The molecule has 0 aliphatic heterocycles. The highest BCUT2D eigenvalue weighted by atomic mass is 32.2. The van der Waals surface area contributed by atoms with Gasteiger partial charge in [0.25, 0.3) is 0 Å². The average Bonchev–Trinajstić information content (AvgIpc) is 2.59. The molecular weight excluding hydrogens is 187 g/mol. The van der Waals surface area contributed by atoms with Crippen molar-refractivity contribution < 1.29 is 3.89 Å². The second-order valence-corrected chi connectivity index (χ2v) is 3.12. The van der Waals surface area contributed by atoms with Gasteiger partial charge in [-0.15, -0.1) is 3.89 Å². The van der Waals surface area contributed by atoms with E-state index in [1.54, 1.807) is 6.08 Å². The van der Waals surface area contributed by atoms with Crippen LogP contribution < -0.4 is 0 Å². The van der Waals surface area contributed by atoms with E-state index < -0.39 is 0 Å². The molecule has 4 heteroatoms. The van der Waals surface area contributed by atoms with Crippen molar-refractivity contribution in [3.8, 4) is 0 Å². The zero-order valence-electron chi connectivity index (χ0n) is 6.77. The van der Waals surface area contributed by atoms with E-state index in [0.29, 0.717) is 0 Å². The highest BCUT2D eigenvalue weighted by molar-refractivity contribution is 7.92. The van der Waals surface area contributed by atoms with Crippen LogP contribution in [0.5, 0.6) is 0 Å². The molecule has 0 atom stereocenters. The summed E-state index contributed by atoms with van der Waals surface area (Å²) in [4.78, 5) is 4.05. The molecule has 0 saturated heterocycles. The topological polar surface area (TPSA) is 17.8 Å². The van der Waals surface area contributed by atoms with Crippen molar-refractivity contribution in [3.63, 3.8) is 0 Å². The summed E-state index contributed by atoms with van der Waals surface area (Å²) in [5.41, 5.74) is 2.54. The summed E-state index contributed by atoms with van der Waals surface area (Å²) in [5.74, 6) is 0. The third kappa shape index (κ3) is 1.33. The maximum atomic E-state index is 12.3. The molecule has 0 N–H and O–H groups in total. The number of fused-ring (bicyclic) bond motifs is 1. The van der Waals surface area contributed by atoms with Crippen molar-refractivity contribution in [2.45, 2.75) is 0 Å². The lowest BCUT2D eigenvalue weighted by Crippen LogP contribution is -1.79. The Morgan fingerprint density at radius 2 is 2.38 bits per heavy atom. The molecular formula is C9H7FN2S. The van der Waals surface area contributed by atoms with Crippen LogP contribution in [-0.2, 0) is 0 Å². The molecule has 13 heavy (non-hydrogen) atoms. The minimum absolute atomic E-state index is 0.147. The van der Waals surface area contributed by atoms with E-state index >= 15 is 0 Å². The zero-order valence-corrected chi connectivity index (χ0v) is 7.59. The smallest absolute Gasteiger partial charge is 0.171 e. The standard InChI is InChI=1S/C9H7FN2S/c1-2-7-3-4-9-8(5-7)11-6-12(9)13-10/h2-6H,1H2. The summed E-state index contributed by atoms with van der Waals surface area (Å²) in [5, 5.41) is 0. The highest BCUT2D eigenvalue weighted by Gasteiger charge is 2.02. The van der Waals surface area contributed by atoms with Crippen LogP contribution in [0.25, 0.3) is 17.1 Å². The van der Waals surface area contributed by atoms with Gasteiger partial charge in [0.15, 0.2) is 12.3 Å². The molecule has 2 aromatic rings. The molecule has 66 valence electrons. The predicted molar refractivity (Wildman–Crippen MR) is 53.9 cm³/mol. The average molecular weight is 194 g/mol. The summed E-state index contributed by atoms with van der Waals surface area (Å²) in [6.45, 7) is 3.65. The first kappa shape index (κ1) is 8.31. The van der Waals surface area contributed by atoms with Gasteiger partial charge in [-0.3, -0.25) is 0 Å². The van der Waals surface area contributed by atoms with E-state index in [9.17, 15) is 3.89 Å². The molecule has 1 aromatic heterocycles. The van der Waals surface area contributed by atoms with Crippen molar-refractivity contribution >= 4 is 29.4 Å². The van der Waals surface area contributed by atoms with E-state index in [0.717, 1.165) is 16.6 Å². The van der Waals surface area contributed by atoms with Crippen molar-refractivity contribution in [2.75, 3.05) is 0 Å². The molecule has 0 saturated carbocycles. The fourth-order valence-corrected chi connectivity index (χ4v) is 1.50. The number of hydrogen-bond acceptors (Lipinski definition) is 2. The quantitative estimate of drug-likeness (QED) is 0.731. The minimum atomic E-state index is 0.147. The number of halogens is 1. The van der Waals surface area contributed by atoms with Crippen molar-refractivity contribution in [1.29, 1.82) is 0 Å². The first-order valence-corrected chi connectivity index (χ1v) is 4.41. The summed E-state index contributed by atoms with van der Waals surface area (Å²) in [7, 11) is 0. The van der Waals surface area contributed by atoms with Crippen molar-refractivity contribution in [3.05, 3.63) is 36.7 Å². The van der Waals surface area contributed by atoms with Crippen LogP contribution in [0.3, 0.4) is 0 Å². The molecule has 0 amide bonds. The van der Waals surface area contributed by atoms with Gasteiger partial charge in [0.1, 0.15) is 6.33 Å². The summed E-state index contributed by atoms with van der Waals surface area (Å²) in [6.07, 6.45) is 3.20. The van der Waals surface area contributed by atoms with Gasteiger partial charge in [-0.1, -0.05) is 18.7 Å². The van der Waals surface area contributed by atoms with Gasteiger partial charge in [-0.2, -0.15) is 0 Å². The van der Waals surface area contributed by atoms with E-state index in [-0.39, 0.29) is 12.3 Å². The Hall–Kier alpha value is -1.29. The van der Waals surface area contributed by atoms with E-state index in [1.807, 2.05) is 18.2 Å². The molecule has 1 heterocycles. The Morgan fingerprint density at radius 3 is 3.08 bits per heavy atom. The second-order valence-electron chi connectivity index (χ2n) is 2.59. The third-order valence-corrected chi connectivity index (χ3v) is 2.29. The largest absolute Gasteiger partial charge is 0.245 e. The summed E-state index contributed by atoms with van der Waals surface area (Å²) in [6, 6.07) is 5.57. The van der Waals surface area contributed by atoms with Crippen LogP contribution in [0.2, 0.25) is 0 Å². The van der Waals surface area contributed by atoms with E-state index in [1.165, 1.54) is 10.3 Å². The van der Waals surface area contributed by atoms with Gasteiger partial charge in [-0.05, 0) is 17.7 Å². The Labute approximate surface area is 79.5 Å². The number of aromatic nitrogens is 2. The van der Waals surface area contributed by atoms with Crippen LogP contribution >= 0.6 is 12.3 Å². The second kappa shape index (κ2) is 3.22. The Balaban J connectivity index is 2.67. The Bertz CT molecular complexity index is 450. The van der Waals surface area contributed by atoms with Gasteiger partial charge in [0.2, 0.25) is 0 Å². The van der Waals surface area contributed by atoms with Gasteiger partial charge in [0.05, 0.1) is 11.0 Å². The lowest BCUT2D eigenvalue weighted by Gasteiger charge is -1.95. The van der Waals surface area contributed by atoms with Gasteiger partial charge < -0.3 is 0 Å². The van der Waals surface area contributed by atoms with Crippen molar-refractivity contribution in [1.82, 2.24) is 8.96 Å². The number of hydrogen-bond donors (Lipinski definition) is 0. The van der Waals surface area contributed by atoms with Gasteiger partial charge in [0, 0.05) is 0 Å². The molecule has 0 unspecified atom stereocenters. The number of nitrogens with zero attached hydrogens (tertiary/aromatic N) is 2. The third-order valence-electron chi connectivity index (χ3n) is 1.85. The molecule has 0 bridgehead atoms. The number of benzene rings is 1. The maximum Gasteiger partial charge on any atom is 0.171 e. The van der Waals surface area contributed by atoms with Crippen LogP contribution in [0.4, 0.5) is 3.89 Å². The van der Waals surface area contributed by atoms with Gasteiger partial charge >= 0.3 is 0 Å².